The molecule has 0 amide bonds. The summed E-state index contributed by atoms with van der Waals surface area (Å²) in [7, 11) is 0. The molecule has 6 heteroatoms. The Kier molecular flexibility index (Phi) is 3.54. The minimum absolute atomic E-state index is 0.0917. The van der Waals surface area contributed by atoms with Crippen molar-refractivity contribution in [3.8, 4) is 22.9 Å². The summed E-state index contributed by atoms with van der Waals surface area (Å²) in [5, 5.41) is 0. The molecule has 0 aliphatic carbocycles. The molecule has 4 N–H and O–H groups in total. The summed E-state index contributed by atoms with van der Waals surface area (Å²) < 4.78 is 13.5. The van der Waals surface area contributed by atoms with Crippen molar-refractivity contribution in [2.75, 3.05) is 25.5 Å². The number of anilines is 1. The lowest BCUT2D eigenvalue weighted by Gasteiger charge is -2.19. The Morgan fingerprint density at radius 1 is 1.17 bits per heavy atom. The van der Waals surface area contributed by atoms with E-state index in [-0.39, 0.29) is 6.04 Å². The topological polar surface area (TPSA) is 88.3 Å². The molecule has 124 valence electrons. The lowest BCUT2D eigenvalue weighted by molar-refractivity contribution is 0.172. The van der Waals surface area contributed by atoms with Gasteiger partial charge in [-0.3, -0.25) is 0 Å². The minimum Gasteiger partial charge on any atom is -0.486 e. The van der Waals surface area contributed by atoms with Gasteiger partial charge in [0, 0.05) is 36.0 Å². The van der Waals surface area contributed by atoms with Gasteiger partial charge in [0.2, 0.25) is 0 Å². The van der Waals surface area contributed by atoms with Gasteiger partial charge in [-0.05, 0) is 19.1 Å². The molecule has 0 saturated carbocycles. The maximum atomic E-state index is 5.95. The van der Waals surface area contributed by atoms with E-state index in [2.05, 4.69) is 11.5 Å². The van der Waals surface area contributed by atoms with Crippen LogP contribution in [0.2, 0.25) is 0 Å². The normalized spacial score (nSPS) is 14.8. The third-order valence-electron chi connectivity index (χ3n) is 4.28. The summed E-state index contributed by atoms with van der Waals surface area (Å²) >= 11 is 0. The predicted molar refractivity (Wildman–Crippen MR) is 94.3 cm³/mol. The molecule has 4 rings (SSSR count). The molecule has 1 aliphatic heterocycles. The molecule has 1 atom stereocenters. The van der Waals surface area contributed by atoms with Crippen LogP contribution in [0.1, 0.15) is 13.0 Å². The van der Waals surface area contributed by atoms with Gasteiger partial charge in [0.05, 0.1) is 11.0 Å². The predicted octanol–water partition coefficient (Wildman–Crippen LogP) is 2.58. The Bertz CT molecular complexity index is 903. The van der Waals surface area contributed by atoms with E-state index in [0.717, 1.165) is 33.9 Å². The van der Waals surface area contributed by atoms with E-state index in [1.165, 1.54) is 0 Å². The van der Waals surface area contributed by atoms with Gasteiger partial charge in [0.1, 0.15) is 19.0 Å². The molecule has 6 nitrogen and oxygen atoms in total. The zero-order valence-corrected chi connectivity index (χ0v) is 13.5. The monoisotopic (exact) mass is 324 g/mol. The smallest absolute Gasteiger partial charge is 0.163 e. The van der Waals surface area contributed by atoms with Crippen LogP contribution < -0.4 is 20.9 Å². The van der Waals surface area contributed by atoms with Crippen molar-refractivity contribution in [2.45, 2.75) is 13.0 Å². The second kappa shape index (κ2) is 5.72. The van der Waals surface area contributed by atoms with Crippen LogP contribution in [-0.2, 0) is 0 Å². The maximum Gasteiger partial charge on any atom is 0.163 e. The van der Waals surface area contributed by atoms with Gasteiger partial charge in [-0.2, -0.15) is 0 Å². The third kappa shape index (κ3) is 2.35. The molecule has 0 radical (unpaired) electrons. The van der Waals surface area contributed by atoms with Crippen molar-refractivity contribution in [1.82, 2.24) is 9.55 Å². The van der Waals surface area contributed by atoms with Crippen LogP contribution in [0.5, 0.6) is 11.5 Å². The van der Waals surface area contributed by atoms with Gasteiger partial charge in [-0.25, -0.2) is 4.98 Å². The lowest BCUT2D eigenvalue weighted by Crippen LogP contribution is -2.17. The Morgan fingerprint density at radius 3 is 2.62 bits per heavy atom. The molecular weight excluding hydrogens is 304 g/mol. The van der Waals surface area contributed by atoms with Crippen molar-refractivity contribution in [3.63, 3.8) is 0 Å². The lowest BCUT2D eigenvalue weighted by atomic mass is 10.2. The molecule has 1 aromatic heterocycles. The molecule has 2 aromatic carbocycles. The van der Waals surface area contributed by atoms with Gasteiger partial charge < -0.3 is 25.5 Å². The standard InChI is InChI=1S/C18H20N4O2/c1-11(10-19)22-15-9-17-16(23-5-6-24-17)8-14(15)21-18(22)12-3-2-4-13(20)7-12/h2-4,7-9,11H,5-6,10,19-20H2,1H3. The third-order valence-corrected chi connectivity index (χ3v) is 4.28. The number of rotatable bonds is 3. The van der Waals surface area contributed by atoms with Crippen LogP contribution in [0.25, 0.3) is 22.4 Å². The molecule has 0 bridgehead atoms. The van der Waals surface area contributed by atoms with E-state index < -0.39 is 0 Å². The molecule has 0 saturated heterocycles. The van der Waals surface area contributed by atoms with Gasteiger partial charge in [0.15, 0.2) is 11.5 Å². The Morgan fingerprint density at radius 2 is 1.92 bits per heavy atom. The number of ether oxygens (including phenoxy) is 2. The second-order valence-electron chi connectivity index (χ2n) is 6.00. The summed E-state index contributed by atoms with van der Waals surface area (Å²) in [5.41, 5.74) is 15.4. The number of hydrogen-bond donors (Lipinski definition) is 2. The van der Waals surface area contributed by atoms with Crippen molar-refractivity contribution in [3.05, 3.63) is 36.4 Å². The Labute approximate surface area is 140 Å². The number of imidazole rings is 1. The number of nitrogens with zero attached hydrogens (tertiary/aromatic N) is 2. The average molecular weight is 324 g/mol. The first-order valence-electron chi connectivity index (χ1n) is 8.05. The van der Waals surface area contributed by atoms with E-state index in [0.29, 0.717) is 25.4 Å². The van der Waals surface area contributed by atoms with Gasteiger partial charge in [0.25, 0.3) is 0 Å². The van der Waals surface area contributed by atoms with Crippen LogP contribution in [0.3, 0.4) is 0 Å². The van der Waals surface area contributed by atoms with Gasteiger partial charge in [-0.15, -0.1) is 0 Å². The zero-order chi connectivity index (χ0) is 16.7. The first kappa shape index (κ1) is 14.8. The molecule has 0 fully saturated rings. The second-order valence-corrected chi connectivity index (χ2v) is 6.00. The van der Waals surface area contributed by atoms with E-state index in [9.17, 15) is 0 Å². The number of hydrogen-bond acceptors (Lipinski definition) is 5. The van der Waals surface area contributed by atoms with Crippen molar-refractivity contribution in [1.29, 1.82) is 0 Å². The number of benzene rings is 2. The van der Waals surface area contributed by atoms with Crippen LogP contribution >= 0.6 is 0 Å². The molecule has 3 aromatic rings. The molecule has 24 heavy (non-hydrogen) atoms. The largest absolute Gasteiger partial charge is 0.486 e. The van der Waals surface area contributed by atoms with Gasteiger partial charge in [-0.1, -0.05) is 12.1 Å². The summed E-state index contributed by atoms with van der Waals surface area (Å²) in [5.74, 6) is 2.33. The van der Waals surface area contributed by atoms with Crippen LogP contribution in [0.15, 0.2) is 36.4 Å². The molecule has 2 heterocycles. The quantitative estimate of drug-likeness (QED) is 0.723. The number of nitrogen functional groups attached to an aromatic ring is 1. The SMILES string of the molecule is CC(CN)n1c(-c2cccc(N)c2)nc2cc3c(cc21)OCCO3. The van der Waals surface area contributed by atoms with Crippen molar-refractivity contribution in [2.24, 2.45) is 5.73 Å². The molecular formula is C18H20N4O2. The Balaban J connectivity index is 1.98. The fourth-order valence-electron chi connectivity index (χ4n) is 3.06. The number of fused-ring (bicyclic) bond motifs is 2. The fourth-order valence-corrected chi connectivity index (χ4v) is 3.06. The van der Waals surface area contributed by atoms with E-state index >= 15 is 0 Å². The number of nitrogens with two attached hydrogens (primary N) is 2. The summed E-state index contributed by atoms with van der Waals surface area (Å²) in [6.45, 7) is 3.70. The molecule has 1 aliphatic rings. The Hall–Kier alpha value is -2.73. The maximum absolute atomic E-state index is 5.95. The average Bonchev–Trinajstić information content (AvgIpc) is 2.97. The highest BCUT2D eigenvalue weighted by Gasteiger charge is 2.21. The highest BCUT2D eigenvalue weighted by Crippen LogP contribution is 2.37. The minimum atomic E-state index is 0.0917. The summed E-state index contributed by atoms with van der Waals surface area (Å²) in [4.78, 5) is 4.82. The van der Waals surface area contributed by atoms with Crippen molar-refractivity contribution >= 4 is 16.7 Å². The van der Waals surface area contributed by atoms with E-state index in [1.807, 2.05) is 36.4 Å². The molecule has 1 unspecified atom stereocenters. The number of aromatic nitrogens is 2. The summed E-state index contributed by atoms with van der Waals surface area (Å²) in [6, 6.07) is 11.7. The first-order chi connectivity index (χ1) is 11.7. The fraction of sp³-hybridized carbons (Fsp3) is 0.278. The van der Waals surface area contributed by atoms with E-state index in [4.69, 9.17) is 25.9 Å². The highest BCUT2D eigenvalue weighted by atomic mass is 16.6. The van der Waals surface area contributed by atoms with Crippen LogP contribution in [0, 0.1) is 0 Å². The van der Waals surface area contributed by atoms with Gasteiger partial charge >= 0.3 is 0 Å². The van der Waals surface area contributed by atoms with Crippen molar-refractivity contribution < 1.29 is 9.47 Å². The van der Waals surface area contributed by atoms with Crippen LogP contribution in [0.4, 0.5) is 5.69 Å². The summed E-state index contributed by atoms with van der Waals surface area (Å²) in [6.07, 6.45) is 0. The van der Waals surface area contributed by atoms with Crippen LogP contribution in [-0.4, -0.2) is 29.3 Å². The molecule has 0 spiro atoms. The zero-order valence-electron chi connectivity index (χ0n) is 13.5. The first-order valence-corrected chi connectivity index (χ1v) is 8.05. The highest BCUT2D eigenvalue weighted by molar-refractivity contribution is 5.84. The van der Waals surface area contributed by atoms with E-state index in [1.54, 1.807) is 0 Å².